The molecule has 0 aliphatic heterocycles. The van der Waals surface area contributed by atoms with E-state index in [4.69, 9.17) is 13.8 Å². The van der Waals surface area contributed by atoms with Crippen molar-refractivity contribution in [1.82, 2.24) is 5.32 Å². The Bertz CT molecular complexity index is 986. The molecule has 0 bridgehead atoms. The number of aliphatic hydroxyl groups is 1. The number of carbonyl (C=O) groups excluding carboxylic acids is 2. The molecule has 1 amide bonds. The van der Waals surface area contributed by atoms with Gasteiger partial charge in [-0.05, 0) is 70.6 Å². The molecule has 0 rings (SSSR count). The monoisotopic (exact) mass is 784 g/mol. The van der Waals surface area contributed by atoms with E-state index >= 15 is 0 Å². The van der Waals surface area contributed by atoms with E-state index in [-0.39, 0.29) is 32.1 Å². The fraction of sp³-hybridized carbons (Fsp3) is 0.818. The van der Waals surface area contributed by atoms with Gasteiger partial charge in [0.05, 0.1) is 13.2 Å². The Hall–Kier alpha value is -1.77. The Kier molecular flexibility index (Phi) is 39.5. The van der Waals surface area contributed by atoms with Crippen molar-refractivity contribution in [2.24, 2.45) is 0 Å². The lowest BCUT2D eigenvalue weighted by atomic mass is 10.1. The summed E-state index contributed by atoms with van der Waals surface area (Å²) in [6.45, 7) is 3.52. The molecule has 54 heavy (non-hydrogen) atoms. The highest BCUT2D eigenvalue weighted by atomic mass is 31.2. The first-order valence-corrected chi connectivity index (χ1v) is 23.5. The highest BCUT2D eigenvalue weighted by molar-refractivity contribution is 7.47. The number of allylic oxidation sites excluding steroid dienone is 6. The van der Waals surface area contributed by atoms with Gasteiger partial charge in [0, 0.05) is 19.4 Å². The molecule has 0 aliphatic rings. The molecule has 0 aromatic heterocycles. The van der Waals surface area contributed by atoms with Crippen LogP contribution < -0.4 is 5.32 Å². The van der Waals surface area contributed by atoms with Gasteiger partial charge in [0.15, 0.2) is 0 Å². The van der Waals surface area contributed by atoms with Crippen molar-refractivity contribution >= 4 is 19.7 Å². The minimum Gasteiger partial charge on any atom is -0.463 e. The van der Waals surface area contributed by atoms with Crippen LogP contribution in [0.1, 0.15) is 200 Å². The van der Waals surface area contributed by atoms with E-state index in [0.29, 0.717) is 6.42 Å². The van der Waals surface area contributed by atoms with Gasteiger partial charge in [-0.1, -0.05) is 153 Å². The fourth-order valence-electron chi connectivity index (χ4n) is 5.93. The molecule has 0 aromatic rings. The molecule has 0 saturated heterocycles. The van der Waals surface area contributed by atoms with Crippen LogP contribution in [0.5, 0.6) is 0 Å². The summed E-state index contributed by atoms with van der Waals surface area (Å²) in [6, 6.07) is 0. The van der Waals surface area contributed by atoms with Crippen LogP contribution in [0, 0.1) is 0 Å². The van der Waals surface area contributed by atoms with E-state index < -0.39 is 26.5 Å². The molecule has 316 valence electrons. The second-order valence-electron chi connectivity index (χ2n) is 14.7. The average molecular weight is 784 g/mol. The molecule has 0 saturated carbocycles. The molecule has 0 heterocycles. The van der Waals surface area contributed by atoms with E-state index in [9.17, 15) is 24.2 Å². The quantitative estimate of drug-likeness (QED) is 0.0242. The van der Waals surface area contributed by atoms with Gasteiger partial charge >= 0.3 is 13.8 Å². The first-order chi connectivity index (χ1) is 26.3. The zero-order valence-electron chi connectivity index (χ0n) is 34.7. The maximum atomic E-state index is 12.1. The number of rotatable bonds is 41. The first-order valence-electron chi connectivity index (χ1n) is 22.0. The highest BCUT2D eigenvalue weighted by Crippen LogP contribution is 2.42. The molecule has 2 unspecified atom stereocenters. The van der Waals surface area contributed by atoms with E-state index in [2.05, 4.69) is 55.6 Å². The lowest BCUT2D eigenvalue weighted by Crippen LogP contribution is -2.27. The summed E-state index contributed by atoms with van der Waals surface area (Å²) in [5.41, 5.74) is 0. The van der Waals surface area contributed by atoms with Crippen LogP contribution in [-0.4, -0.2) is 54.3 Å². The largest absolute Gasteiger partial charge is 0.472 e. The van der Waals surface area contributed by atoms with Gasteiger partial charge in [0.2, 0.25) is 5.91 Å². The Morgan fingerprint density at radius 3 is 1.52 bits per heavy atom. The zero-order chi connectivity index (χ0) is 39.6. The number of phosphoric ester groups is 1. The third-order valence-electron chi connectivity index (χ3n) is 9.29. The van der Waals surface area contributed by atoms with Gasteiger partial charge in [0.1, 0.15) is 12.7 Å². The number of esters is 1. The molecular weight excluding hydrogens is 701 g/mol. The summed E-state index contributed by atoms with van der Waals surface area (Å²) < 4.78 is 26.9. The molecule has 0 spiro atoms. The zero-order valence-corrected chi connectivity index (χ0v) is 35.6. The summed E-state index contributed by atoms with van der Waals surface area (Å²) in [7, 11) is -4.42. The Morgan fingerprint density at radius 2 is 1.00 bits per heavy atom. The molecule has 3 N–H and O–H groups in total. The van der Waals surface area contributed by atoms with E-state index in [0.717, 1.165) is 70.6 Å². The SMILES string of the molecule is CCCCCC/C=C\C/C=C\CCCCCCCCCC(=O)NCCOP(=O)(O)OCC(O)COC(=O)CCCCCCC/C=C\CCCCCCCC. The topological polar surface area (TPSA) is 131 Å². The number of aliphatic hydroxyl groups excluding tert-OH is 1. The van der Waals surface area contributed by atoms with Crippen LogP contribution in [0.3, 0.4) is 0 Å². The highest BCUT2D eigenvalue weighted by Gasteiger charge is 2.23. The number of amides is 1. The van der Waals surface area contributed by atoms with Gasteiger partial charge < -0.3 is 20.1 Å². The Morgan fingerprint density at radius 1 is 0.574 bits per heavy atom. The summed E-state index contributed by atoms with van der Waals surface area (Å²) in [5.74, 6) is -0.531. The minimum atomic E-state index is -4.42. The molecule has 0 aromatic carbocycles. The maximum Gasteiger partial charge on any atom is 0.472 e. The number of nitrogens with one attached hydrogen (secondary N) is 1. The standard InChI is InChI=1S/C44H82NO8P/c1-3-5-7-9-11-13-15-17-19-20-21-23-24-26-28-30-32-34-36-43(47)45-38-39-52-54(49,50)53-41-42(46)40-51-44(48)37-35-33-31-29-27-25-22-18-16-14-12-10-8-6-4-2/h13,15,18-20,22,42,46H,3-12,14,16-17,21,23-41H2,1-2H3,(H,45,47)(H,49,50)/b15-13-,20-19-,22-18-. The molecule has 0 fully saturated rings. The van der Waals surface area contributed by atoms with Crippen LogP contribution in [0.4, 0.5) is 0 Å². The second kappa shape index (κ2) is 40.9. The number of ether oxygens (including phenoxy) is 1. The van der Waals surface area contributed by atoms with Gasteiger partial charge in [-0.2, -0.15) is 0 Å². The molecule has 2 atom stereocenters. The van der Waals surface area contributed by atoms with Crippen LogP contribution in [-0.2, 0) is 27.9 Å². The summed E-state index contributed by atoms with van der Waals surface area (Å²) >= 11 is 0. The lowest BCUT2D eigenvalue weighted by molar-refractivity contribution is -0.147. The number of carbonyl (C=O) groups is 2. The molecule has 0 aliphatic carbocycles. The number of hydrogen-bond acceptors (Lipinski definition) is 7. The van der Waals surface area contributed by atoms with Crippen LogP contribution in [0.2, 0.25) is 0 Å². The van der Waals surface area contributed by atoms with Gasteiger partial charge in [-0.15, -0.1) is 0 Å². The lowest BCUT2D eigenvalue weighted by Gasteiger charge is -2.15. The maximum absolute atomic E-state index is 12.1. The van der Waals surface area contributed by atoms with E-state index in [1.54, 1.807) is 0 Å². The number of phosphoric acid groups is 1. The minimum absolute atomic E-state index is 0.0764. The fourth-order valence-corrected chi connectivity index (χ4v) is 6.69. The summed E-state index contributed by atoms with van der Waals surface area (Å²) in [5, 5.41) is 12.7. The number of hydrogen-bond donors (Lipinski definition) is 3. The molecule has 0 radical (unpaired) electrons. The van der Waals surface area contributed by atoms with Crippen molar-refractivity contribution in [2.75, 3.05) is 26.4 Å². The second-order valence-corrected chi connectivity index (χ2v) is 16.1. The average Bonchev–Trinajstić information content (AvgIpc) is 3.16. The first kappa shape index (κ1) is 52.2. The van der Waals surface area contributed by atoms with Crippen molar-refractivity contribution in [2.45, 2.75) is 206 Å². The van der Waals surface area contributed by atoms with Crippen LogP contribution >= 0.6 is 7.82 Å². The van der Waals surface area contributed by atoms with Crippen molar-refractivity contribution in [3.05, 3.63) is 36.5 Å². The Labute approximate surface area is 331 Å². The third-order valence-corrected chi connectivity index (χ3v) is 10.3. The predicted octanol–water partition coefficient (Wildman–Crippen LogP) is 12.2. The normalized spacial score (nSPS) is 13.6. The van der Waals surface area contributed by atoms with Crippen molar-refractivity contribution in [1.29, 1.82) is 0 Å². The molecule has 9 nitrogen and oxygen atoms in total. The van der Waals surface area contributed by atoms with Gasteiger partial charge in [-0.25, -0.2) is 4.57 Å². The third kappa shape index (κ3) is 41.4. The summed E-state index contributed by atoms with van der Waals surface area (Å²) in [4.78, 5) is 33.9. The predicted molar refractivity (Wildman–Crippen MR) is 224 cm³/mol. The molecule has 10 heteroatoms. The van der Waals surface area contributed by atoms with Crippen LogP contribution in [0.15, 0.2) is 36.5 Å². The Balaban J connectivity index is 3.61. The van der Waals surface area contributed by atoms with Gasteiger partial charge in [0.25, 0.3) is 0 Å². The number of unbranched alkanes of at least 4 members (excludes halogenated alkanes) is 22. The van der Waals surface area contributed by atoms with Gasteiger partial charge in [-0.3, -0.25) is 18.6 Å². The smallest absolute Gasteiger partial charge is 0.463 e. The van der Waals surface area contributed by atoms with Crippen LogP contribution in [0.25, 0.3) is 0 Å². The van der Waals surface area contributed by atoms with Crippen molar-refractivity contribution in [3.63, 3.8) is 0 Å². The van der Waals surface area contributed by atoms with E-state index in [1.165, 1.54) is 103 Å². The van der Waals surface area contributed by atoms with Crippen molar-refractivity contribution in [3.8, 4) is 0 Å². The van der Waals surface area contributed by atoms with Crippen molar-refractivity contribution < 1.29 is 37.9 Å². The molecular formula is C44H82NO8P. The van der Waals surface area contributed by atoms with E-state index in [1.807, 2.05) is 0 Å². The summed E-state index contributed by atoms with van der Waals surface area (Å²) in [6.07, 6.45) is 45.0.